The Balaban J connectivity index is 2.92. The van der Waals surface area contributed by atoms with Crippen molar-refractivity contribution in [2.75, 3.05) is 13.1 Å². The molecule has 0 amide bonds. The number of rotatable bonds is 6. The van der Waals surface area contributed by atoms with Crippen LogP contribution in [-0.2, 0) is 0 Å². The van der Waals surface area contributed by atoms with Crippen molar-refractivity contribution in [3.8, 4) is 0 Å². The van der Waals surface area contributed by atoms with Crippen molar-refractivity contribution in [2.45, 2.75) is 38.5 Å². The van der Waals surface area contributed by atoms with E-state index in [0.717, 1.165) is 0 Å². The van der Waals surface area contributed by atoms with Gasteiger partial charge in [0.15, 0.2) is 0 Å². The molecule has 1 aromatic heterocycles. The minimum atomic E-state index is -4.24. The number of nitrogens with two attached hydrogens (primary N) is 1. The third kappa shape index (κ3) is 4.34. The van der Waals surface area contributed by atoms with E-state index in [0.29, 0.717) is 18.7 Å². The summed E-state index contributed by atoms with van der Waals surface area (Å²) < 4.78 is 43.0. The first kappa shape index (κ1) is 15.0. The average Bonchev–Trinajstić information content (AvgIpc) is 2.68. The molecule has 3 nitrogen and oxygen atoms in total. The molecule has 2 N–H and O–H groups in total. The van der Waals surface area contributed by atoms with Crippen LogP contribution in [0.25, 0.3) is 0 Å². The molecule has 2 atom stereocenters. The highest BCUT2D eigenvalue weighted by Crippen LogP contribution is 2.28. The lowest BCUT2D eigenvalue weighted by Crippen LogP contribution is -2.44. The summed E-state index contributed by atoms with van der Waals surface area (Å²) in [5.41, 5.74) is 5.81. The van der Waals surface area contributed by atoms with Gasteiger partial charge in [-0.05, 0) is 32.0 Å². The quantitative estimate of drug-likeness (QED) is 0.859. The van der Waals surface area contributed by atoms with Gasteiger partial charge in [0.25, 0.3) is 0 Å². The van der Waals surface area contributed by atoms with E-state index in [2.05, 4.69) is 0 Å². The van der Waals surface area contributed by atoms with Gasteiger partial charge in [-0.1, -0.05) is 6.92 Å². The van der Waals surface area contributed by atoms with Gasteiger partial charge in [0.1, 0.15) is 5.76 Å². The number of halogens is 3. The first-order valence-electron chi connectivity index (χ1n) is 5.95. The Bertz CT molecular complexity index is 336. The molecule has 0 aliphatic rings. The standard InChI is InChI=1S/C12H19F3N2O/c1-3-6-17(8-12(13,14)15)11(9(2)16)10-5-4-7-18-10/h4-5,7,9,11H,3,6,8,16H2,1-2H3. The fourth-order valence-corrected chi connectivity index (χ4v) is 2.07. The molecule has 104 valence electrons. The zero-order valence-electron chi connectivity index (χ0n) is 10.6. The number of hydrogen-bond donors (Lipinski definition) is 1. The summed E-state index contributed by atoms with van der Waals surface area (Å²) in [4.78, 5) is 1.32. The highest BCUT2D eigenvalue weighted by Gasteiger charge is 2.36. The fraction of sp³-hybridized carbons (Fsp3) is 0.667. The second-order valence-corrected chi connectivity index (χ2v) is 4.41. The van der Waals surface area contributed by atoms with Crippen LogP contribution in [-0.4, -0.2) is 30.2 Å². The van der Waals surface area contributed by atoms with E-state index in [1.165, 1.54) is 11.2 Å². The average molecular weight is 264 g/mol. The van der Waals surface area contributed by atoms with Crippen LogP contribution in [0.15, 0.2) is 22.8 Å². The van der Waals surface area contributed by atoms with E-state index in [1.807, 2.05) is 6.92 Å². The van der Waals surface area contributed by atoms with E-state index in [-0.39, 0.29) is 0 Å². The molecule has 18 heavy (non-hydrogen) atoms. The summed E-state index contributed by atoms with van der Waals surface area (Å²) in [5.74, 6) is 0.475. The maximum atomic E-state index is 12.6. The van der Waals surface area contributed by atoms with Gasteiger partial charge in [-0.25, -0.2) is 0 Å². The number of nitrogens with zero attached hydrogens (tertiary/aromatic N) is 1. The minimum absolute atomic E-state index is 0.326. The van der Waals surface area contributed by atoms with Crippen LogP contribution in [0.3, 0.4) is 0 Å². The second kappa shape index (κ2) is 6.24. The van der Waals surface area contributed by atoms with Gasteiger partial charge >= 0.3 is 6.18 Å². The van der Waals surface area contributed by atoms with Crippen LogP contribution >= 0.6 is 0 Å². The third-order valence-electron chi connectivity index (χ3n) is 2.62. The van der Waals surface area contributed by atoms with Crippen LogP contribution in [0.1, 0.15) is 32.1 Å². The largest absolute Gasteiger partial charge is 0.468 e. The summed E-state index contributed by atoms with van der Waals surface area (Å²) >= 11 is 0. The Labute approximate surface area is 105 Å². The summed E-state index contributed by atoms with van der Waals surface area (Å²) in [6.45, 7) is 2.87. The van der Waals surface area contributed by atoms with Gasteiger partial charge in [-0.2, -0.15) is 13.2 Å². The molecular weight excluding hydrogens is 245 g/mol. The van der Waals surface area contributed by atoms with E-state index < -0.39 is 24.8 Å². The molecule has 0 radical (unpaired) electrons. The molecule has 2 unspecified atom stereocenters. The normalized spacial score (nSPS) is 15.9. The molecule has 0 bridgehead atoms. The summed E-state index contributed by atoms with van der Waals surface area (Å²) in [5, 5.41) is 0. The van der Waals surface area contributed by atoms with Crippen molar-refractivity contribution in [2.24, 2.45) is 5.73 Å². The van der Waals surface area contributed by atoms with Crippen molar-refractivity contribution in [1.29, 1.82) is 0 Å². The van der Waals surface area contributed by atoms with Crippen molar-refractivity contribution in [3.05, 3.63) is 24.2 Å². The summed E-state index contributed by atoms with van der Waals surface area (Å²) in [6, 6.07) is 2.32. The lowest BCUT2D eigenvalue weighted by Gasteiger charge is -2.33. The van der Waals surface area contributed by atoms with Gasteiger partial charge in [0.2, 0.25) is 0 Å². The van der Waals surface area contributed by atoms with Crippen molar-refractivity contribution in [1.82, 2.24) is 4.90 Å². The Morgan fingerprint density at radius 3 is 2.50 bits per heavy atom. The molecule has 0 aliphatic heterocycles. The van der Waals surface area contributed by atoms with Crippen molar-refractivity contribution < 1.29 is 17.6 Å². The Morgan fingerprint density at radius 1 is 1.44 bits per heavy atom. The van der Waals surface area contributed by atoms with Crippen molar-refractivity contribution >= 4 is 0 Å². The summed E-state index contributed by atoms with van der Waals surface area (Å²) in [6.07, 6.45) is -2.17. The molecule has 1 rings (SSSR count). The van der Waals surface area contributed by atoms with Crippen molar-refractivity contribution in [3.63, 3.8) is 0 Å². The third-order valence-corrected chi connectivity index (χ3v) is 2.62. The maximum Gasteiger partial charge on any atom is 0.401 e. The topological polar surface area (TPSA) is 42.4 Å². The Morgan fingerprint density at radius 2 is 2.11 bits per heavy atom. The maximum absolute atomic E-state index is 12.6. The molecule has 6 heteroatoms. The number of alkyl halides is 3. The first-order chi connectivity index (χ1) is 8.35. The smallest absolute Gasteiger partial charge is 0.401 e. The monoisotopic (exact) mass is 264 g/mol. The van der Waals surface area contributed by atoms with Crippen LogP contribution in [0.5, 0.6) is 0 Å². The highest BCUT2D eigenvalue weighted by molar-refractivity contribution is 5.07. The van der Waals surface area contributed by atoms with Gasteiger partial charge in [0.05, 0.1) is 18.8 Å². The number of hydrogen-bond acceptors (Lipinski definition) is 3. The molecule has 0 aromatic carbocycles. The predicted molar refractivity (Wildman–Crippen MR) is 63.0 cm³/mol. The number of furan rings is 1. The van der Waals surface area contributed by atoms with Crippen LogP contribution in [0.2, 0.25) is 0 Å². The van der Waals surface area contributed by atoms with Gasteiger partial charge < -0.3 is 10.2 Å². The lowest BCUT2D eigenvalue weighted by atomic mass is 10.1. The zero-order valence-corrected chi connectivity index (χ0v) is 10.6. The summed E-state index contributed by atoms with van der Waals surface area (Å²) in [7, 11) is 0. The highest BCUT2D eigenvalue weighted by atomic mass is 19.4. The van der Waals surface area contributed by atoms with E-state index in [9.17, 15) is 13.2 Å². The molecule has 1 aromatic rings. The van der Waals surface area contributed by atoms with Crippen LogP contribution in [0.4, 0.5) is 13.2 Å². The van der Waals surface area contributed by atoms with Gasteiger partial charge in [-0.3, -0.25) is 4.90 Å². The molecule has 0 spiro atoms. The Hall–Kier alpha value is -1.01. The molecule has 0 saturated carbocycles. The van der Waals surface area contributed by atoms with Crippen LogP contribution < -0.4 is 5.73 Å². The zero-order chi connectivity index (χ0) is 13.8. The molecular formula is C12H19F3N2O. The lowest BCUT2D eigenvalue weighted by molar-refractivity contribution is -0.152. The first-order valence-corrected chi connectivity index (χ1v) is 5.95. The predicted octanol–water partition coefficient (Wildman–Crippen LogP) is 2.94. The molecule has 1 heterocycles. The minimum Gasteiger partial charge on any atom is -0.468 e. The van der Waals surface area contributed by atoms with Crippen LogP contribution in [0, 0.1) is 0 Å². The molecule has 0 saturated heterocycles. The Kier molecular flexibility index (Phi) is 5.22. The van der Waals surface area contributed by atoms with Gasteiger partial charge in [0, 0.05) is 6.04 Å². The van der Waals surface area contributed by atoms with Gasteiger partial charge in [-0.15, -0.1) is 0 Å². The SMILES string of the molecule is CCCN(CC(F)(F)F)C(c1ccco1)C(C)N. The molecule has 0 aliphatic carbocycles. The van der Waals surface area contributed by atoms with E-state index in [1.54, 1.807) is 19.1 Å². The van der Waals surface area contributed by atoms with E-state index in [4.69, 9.17) is 10.2 Å². The fourth-order valence-electron chi connectivity index (χ4n) is 2.07. The second-order valence-electron chi connectivity index (χ2n) is 4.41. The molecule has 0 fully saturated rings. The van der Waals surface area contributed by atoms with E-state index >= 15 is 0 Å².